The Bertz CT molecular complexity index is 268. The molecule has 1 rings (SSSR count). The number of nitrogens with one attached hydrogen (secondary N) is 2. The van der Waals surface area contributed by atoms with Gasteiger partial charge in [0.25, 0.3) is 0 Å². The Balaban J connectivity index is 2.17. The van der Waals surface area contributed by atoms with Crippen LogP contribution in [0.25, 0.3) is 0 Å². The molecular formula is C11H18F4N2O. The second-order valence-corrected chi connectivity index (χ2v) is 4.52. The minimum absolute atomic E-state index is 0.0803. The first-order valence-corrected chi connectivity index (χ1v) is 6.08. The van der Waals surface area contributed by atoms with E-state index in [-0.39, 0.29) is 12.5 Å². The number of amides is 1. The highest BCUT2D eigenvalue weighted by molar-refractivity contribution is 5.75. The topological polar surface area (TPSA) is 41.1 Å². The van der Waals surface area contributed by atoms with Gasteiger partial charge in [-0.1, -0.05) is 6.42 Å². The van der Waals surface area contributed by atoms with Crippen molar-refractivity contribution in [2.24, 2.45) is 0 Å². The van der Waals surface area contributed by atoms with Crippen LogP contribution in [-0.2, 0) is 4.79 Å². The summed E-state index contributed by atoms with van der Waals surface area (Å²) in [7, 11) is 0. The van der Waals surface area contributed by atoms with E-state index in [1.807, 2.05) is 5.32 Å². The second-order valence-electron chi connectivity index (χ2n) is 4.52. The molecule has 3 nitrogen and oxygen atoms in total. The summed E-state index contributed by atoms with van der Waals surface area (Å²) in [5.41, 5.74) is 0. The maximum Gasteiger partial charge on any atom is 0.324 e. The van der Waals surface area contributed by atoms with Gasteiger partial charge in [0, 0.05) is 12.5 Å². The molecule has 1 aliphatic heterocycles. The van der Waals surface area contributed by atoms with Gasteiger partial charge in [-0.3, -0.25) is 4.79 Å². The molecule has 1 fully saturated rings. The summed E-state index contributed by atoms with van der Waals surface area (Å²) in [6, 6.07) is 0.222. The largest absolute Gasteiger partial charge is 0.350 e. The lowest BCUT2D eigenvalue weighted by Crippen LogP contribution is -2.42. The fourth-order valence-electron chi connectivity index (χ4n) is 1.86. The zero-order valence-corrected chi connectivity index (χ0v) is 10.0. The summed E-state index contributed by atoms with van der Waals surface area (Å²) < 4.78 is 48.7. The molecule has 0 spiro atoms. The lowest BCUT2D eigenvalue weighted by Gasteiger charge is -2.23. The number of hydrogen-bond acceptors (Lipinski definition) is 2. The van der Waals surface area contributed by atoms with Gasteiger partial charge in [0.15, 0.2) is 0 Å². The van der Waals surface area contributed by atoms with Crippen LogP contribution in [0.5, 0.6) is 0 Å². The summed E-state index contributed by atoms with van der Waals surface area (Å²) in [5, 5.41) is 5.06. The van der Waals surface area contributed by atoms with E-state index in [0.29, 0.717) is 6.42 Å². The second kappa shape index (κ2) is 6.92. The van der Waals surface area contributed by atoms with Crippen molar-refractivity contribution in [1.29, 1.82) is 0 Å². The highest BCUT2D eigenvalue weighted by Gasteiger charge is 2.40. The molecule has 1 unspecified atom stereocenters. The first kappa shape index (κ1) is 15.2. The molecule has 106 valence electrons. The molecule has 1 saturated heterocycles. The molecule has 1 atom stereocenters. The SMILES string of the molecule is O=C(CCC1CCCCN1)NCC(F)(F)C(F)F. The molecule has 0 aliphatic carbocycles. The number of hydrogen-bond donors (Lipinski definition) is 2. The van der Waals surface area contributed by atoms with Crippen LogP contribution in [-0.4, -0.2) is 37.4 Å². The van der Waals surface area contributed by atoms with Crippen LogP contribution in [0.1, 0.15) is 32.1 Å². The van der Waals surface area contributed by atoms with E-state index in [4.69, 9.17) is 0 Å². The Hall–Kier alpha value is -0.850. The van der Waals surface area contributed by atoms with E-state index in [2.05, 4.69) is 5.32 Å². The maximum absolute atomic E-state index is 12.5. The molecule has 1 heterocycles. The molecule has 1 amide bonds. The minimum Gasteiger partial charge on any atom is -0.350 e. The normalized spacial score (nSPS) is 21.1. The van der Waals surface area contributed by atoms with E-state index in [0.717, 1.165) is 25.8 Å². The highest BCUT2D eigenvalue weighted by atomic mass is 19.3. The van der Waals surface area contributed by atoms with Gasteiger partial charge < -0.3 is 10.6 Å². The fraction of sp³-hybridized carbons (Fsp3) is 0.909. The van der Waals surface area contributed by atoms with Crippen molar-refractivity contribution >= 4 is 5.91 Å². The van der Waals surface area contributed by atoms with Gasteiger partial charge in [-0.25, -0.2) is 8.78 Å². The van der Waals surface area contributed by atoms with Crippen LogP contribution in [0.2, 0.25) is 0 Å². The zero-order valence-electron chi connectivity index (χ0n) is 10.0. The Morgan fingerprint density at radius 3 is 2.67 bits per heavy atom. The summed E-state index contributed by atoms with van der Waals surface area (Å²) in [4.78, 5) is 11.2. The molecule has 0 bridgehead atoms. The molecule has 1 aliphatic rings. The van der Waals surface area contributed by atoms with E-state index in [9.17, 15) is 22.4 Å². The summed E-state index contributed by atoms with van der Waals surface area (Å²) in [5.74, 6) is -4.76. The number of halogens is 4. The molecule has 0 radical (unpaired) electrons. The van der Waals surface area contributed by atoms with Crippen molar-refractivity contribution in [2.75, 3.05) is 13.1 Å². The van der Waals surface area contributed by atoms with Crippen molar-refractivity contribution in [1.82, 2.24) is 10.6 Å². The van der Waals surface area contributed by atoms with Crippen LogP contribution in [0.4, 0.5) is 17.6 Å². The highest BCUT2D eigenvalue weighted by Crippen LogP contribution is 2.21. The Labute approximate surface area is 103 Å². The first-order valence-electron chi connectivity index (χ1n) is 6.08. The quantitative estimate of drug-likeness (QED) is 0.724. The molecule has 0 saturated carbocycles. The minimum atomic E-state index is -4.15. The molecular weight excluding hydrogens is 252 g/mol. The van der Waals surface area contributed by atoms with E-state index >= 15 is 0 Å². The summed E-state index contributed by atoms with van der Waals surface area (Å²) in [6.45, 7) is -0.405. The number of carbonyl (C=O) groups excluding carboxylic acids is 1. The lowest BCUT2D eigenvalue weighted by atomic mass is 10.0. The lowest BCUT2D eigenvalue weighted by molar-refractivity contribution is -0.136. The van der Waals surface area contributed by atoms with Crippen LogP contribution < -0.4 is 10.6 Å². The first-order chi connectivity index (χ1) is 8.42. The predicted octanol–water partition coefficient (Wildman–Crippen LogP) is 1.93. The monoisotopic (exact) mass is 270 g/mol. The van der Waals surface area contributed by atoms with Crippen LogP contribution in [0.15, 0.2) is 0 Å². The average molecular weight is 270 g/mol. The van der Waals surface area contributed by atoms with Crippen molar-refractivity contribution < 1.29 is 22.4 Å². The molecule has 18 heavy (non-hydrogen) atoms. The molecule has 0 aromatic rings. The van der Waals surface area contributed by atoms with Gasteiger partial charge in [-0.05, 0) is 25.8 Å². The van der Waals surface area contributed by atoms with Gasteiger partial charge in [-0.15, -0.1) is 0 Å². The Morgan fingerprint density at radius 2 is 2.11 bits per heavy atom. The number of rotatable bonds is 6. The van der Waals surface area contributed by atoms with Crippen molar-refractivity contribution in [3.63, 3.8) is 0 Å². The van der Waals surface area contributed by atoms with E-state index in [1.165, 1.54) is 0 Å². The number of piperidine rings is 1. The smallest absolute Gasteiger partial charge is 0.324 e. The third-order valence-electron chi connectivity index (χ3n) is 2.97. The summed E-state index contributed by atoms with van der Waals surface area (Å²) >= 11 is 0. The zero-order chi connectivity index (χ0) is 13.6. The Morgan fingerprint density at radius 1 is 1.39 bits per heavy atom. The molecule has 0 aromatic carbocycles. The molecule has 2 N–H and O–H groups in total. The standard InChI is InChI=1S/C11H18F4N2O/c12-10(13)11(14,15)7-17-9(18)5-4-8-3-1-2-6-16-8/h8,10,16H,1-7H2,(H,17,18). The van der Waals surface area contributed by atoms with Gasteiger partial charge in [0.2, 0.25) is 5.91 Å². The van der Waals surface area contributed by atoms with Gasteiger partial charge in [0.05, 0.1) is 6.54 Å². The van der Waals surface area contributed by atoms with Crippen molar-refractivity contribution in [3.8, 4) is 0 Å². The van der Waals surface area contributed by atoms with E-state index < -0.39 is 24.8 Å². The predicted molar refractivity (Wildman–Crippen MR) is 58.8 cm³/mol. The fourth-order valence-corrected chi connectivity index (χ4v) is 1.86. The maximum atomic E-state index is 12.5. The van der Waals surface area contributed by atoms with Gasteiger partial charge >= 0.3 is 12.3 Å². The van der Waals surface area contributed by atoms with Crippen molar-refractivity contribution in [2.45, 2.75) is 50.5 Å². The molecule has 7 heteroatoms. The average Bonchev–Trinajstić information content (AvgIpc) is 2.35. The molecule has 0 aromatic heterocycles. The van der Waals surface area contributed by atoms with Crippen LogP contribution in [0, 0.1) is 0 Å². The van der Waals surface area contributed by atoms with Crippen LogP contribution >= 0.6 is 0 Å². The number of alkyl halides is 4. The number of carbonyl (C=O) groups is 1. The Kier molecular flexibility index (Phi) is 5.84. The third kappa shape index (κ3) is 5.20. The van der Waals surface area contributed by atoms with Gasteiger partial charge in [-0.2, -0.15) is 8.78 Å². The van der Waals surface area contributed by atoms with Gasteiger partial charge in [0.1, 0.15) is 0 Å². The van der Waals surface area contributed by atoms with E-state index in [1.54, 1.807) is 0 Å². The van der Waals surface area contributed by atoms with Crippen LogP contribution in [0.3, 0.4) is 0 Å². The van der Waals surface area contributed by atoms with Crippen molar-refractivity contribution in [3.05, 3.63) is 0 Å². The third-order valence-corrected chi connectivity index (χ3v) is 2.97. The summed E-state index contributed by atoms with van der Waals surface area (Å²) in [6.07, 6.45) is 0.0214.